The monoisotopic (exact) mass is 470 g/mol. The van der Waals surface area contributed by atoms with Crippen LogP contribution in [0.1, 0.15) is 62.8 Å². The predicted octanol–water partition coefficient (Wildman–Crippen LogP) is 5.86. The smallest absolute Gasteiger partial charge is 0.257 e. The highest BCUT2D eigenvalue weighted by Crippen LogP contribution is 2.22. The molecule has 34 heavy (non-hydrogen) atoms. The largest absolute Gasteiger partial charge is 0.331 e. The maximum atomic E-state index is 14.4. The van der Waals surface area contributed by atoms with Crippen LogP contribution in [0.25, 0.3) is 11.0 Å². The van der Waals surface area contributed by atoms with Crippen LogP contribution in [-0.2, 0) is 19.6 Å². The molecule has 0 atom stereocenters. The molecule has 0 radical (unpaired) electrons. The molecule has 1 amide bonds. The van der Waals surface area contributed by atoms with E-state index in [1.807, 2.05) is 13.8 Å². The van der Waals surface area contributed by atoms with E-state index in [9.17, 15) is 13.6 Å². The van der Waals surface area contributed by atoms with E-state index in [-0.39, 0.29) is 18.0 Å². The van der Waals surface area contributed by atoms with Crippen LogP contribution in [0.4, 0.5) is 8.78 Å². The number of aromatic nitrogens is 2. The summed E-state index contributed by atoms with van der Waals surface area (Å²) in [5, 5.41) is 0. The molecule has 3 aromatic rings. The van der Waals surface area contributed by atoms with Gasteiger partial charge in [-0.05, 0) is 61.3 Å². The second-order valence-corrected chi connectivity index (χ2v) is 9.17. The summed E-state index contributed by atoms with van der Waals surface area (Å²) in [6, 6.07) is 9.34. The van der Waals surface area contributed by atoms with Gasteiger partial charge in [0.05, 0.1) is 23.1 Å². The zero-order chi connectivity index (χ0) is 24.8. The van der Waals surface area contributed by atoms with Crippen LogP contribution in [0.5, 0.6) is 0 Å². The number of rotatable bonds is 11. The summed E-state index contributed by atoms with van der Waals surface area (Å²) in [7, 11) is 0. The quantitative estimate of drug-likeness (QED) is 0.352. The Morgan fingerprint density at radius 2 is 1.76 bits per heavy atom. The van der Waals surface area contributed by atoms with Crippen LogP contribution in [0, 0.1) is 17.6 Å². The van der Waals surface area contributed by atoms with Crippen molar-refractivity contribution in [1.29, 1.82) is 0 Å². The zero-order valence-corrected chi connectivity index (χ0v) is 20.9. The topological polar surface area (TPSA) is 41.4 Å². The SMILES string of the molecule is CCCn1c(CN(CC(C)C)C(=O)c2cc(F)ccc2F)nc2cc(CN(CC)CC)ccc21. The zero-order valence-electron chi connectivity index (χ0n) is 20.9. The molecule has 0 saturated heterocycles. The Hall–Kier alpha value is -2.80. The van der Waals surface area contributed by atoms with Crippen molar-refractivity contribution in [3.63, 3.8) is 0 Å². The molecular formula is C27H36F2N4O. The summed E-state index contributed by atoms with van der Waals surface area (Å²) < 4.78 is 30.3. The number of amides is 1. The standard InChI is InChI=1S/C27H36F2N4O/c1-6-13-33-25-12-9-20(17-31(7-2)8-3)14-24(25)30-26(33)18-32(16-19(4)5)27(34)22-15-21(28)10-11-23(22)29/h9-12,14-15,19H,6-8,13,16-18H2,1-5H3. The molecule has 2 aromatic carbocycles. The fourth-order valence-electron chi connectivity index (χ4n) is 4.29. The van der Waals surface area contributed by atoms with Crippen molar-refractivity contribution < 1.29 is 13.6 Å². The van der Waals surface area contributed by atoms with Crippen molar-refractivity contribution in [3.05, 3.63) is 65.0 Å². The van der Waals surface area contributed by atoms with E-state index >= 15 is 0 Å². The van der Waals surface area contributed by atoms with Crippen LogP contribution in [0.2, 0.25) is 0 Å². The van der Waals surface area contributed by atoms with Crippen LogP contribution in [0.15, 0.2) is 36.4 Å². The first-order valence-electron chi connectivity index (χ1n) is 12.2. The number of carbonyl (C=O) groups excluding carboxylic acids is 1. The van der Waals surface area contributed by atoms with E-state index in [0.29, 0.717) is 6.54 Å². The van der Waals surface area contributed by atoms with E-state index in [1.165, 1.54) is 5.56 Å². The van der Waals surface area contributed by atoms with E-state index in [1.54, 1.807) is 4.90 Å². The summed E-state index contributed by atoms with van der Waals surface area (Å²) >= 11 is 0. The van der Waals surface area contributed by atoms with Gasteiger partial charge in [-0.2, -0.15) is 0 Å². The van der Waals surface area contributed by atoms with E-state index in [2.05, 4.69) is 48.4 Å². The van der Waals surface area contributed by atoms with E-state index < -0.39 is 17.5 Å². The van der Waals surface area contributed by atoms with Crippen molar-refractivity contribution in [2.45, 2.75) is 60.7 Å². The van der Waals surface area contributed by atoms with Crippen molar-refractivity contribution in [2.75, 3.05) is 19.6 Å². The van der Waals surface area contributed by atoms with Gasteiger partial charge in [0.25, 0.3) is 5.91 Å². The Balaban J connectivity index is 1.98. The maximum Gasteiger partial charge on any atom is 0.257 e. The van der Waals surface area contributed by atoms with Crippen LogP contribution < -0.4 is 0 Å². The molecule has 1 aromatic heterocycles. The minimum absolute atomic E-state index is 0.158. The van der Waals surface area contributed by atoms with Crippen LogP contribution in [-0.4, -0.2) is 44.9 Å². The number of carbonyl (C=O) groups is 1. The number of hydrogen-bond donors (Lipinski definition) is 0. The first-order valence-corrected chi connectivity index (χ1v) is 12.2. The third-order valence-electron chi connectivity index (χ3n) is 6.00. The Labute approximate surface area is 201 Å². The molecule has 184 valence electrons. The fourth-order valence-corrected chi connectivity index (χ4v) is 4.29. The van der Waals surface area contributed by atoms with Gasteiger partial charge in [-0.15, -0.1) is 0 Å². The minimum atomic E-state index is -0.719. The summed E-state index contributed by atoms with van der Waals surface area (Å²) in [5.41, 5.74) is 2.86. The summed E-state index contributed by atoms with van der Waals surface area (Å²) in [6.07, 6.45) is 0.913. The second kappa shape index (κ2) is 11.6. The molecule has 0 bridgehead atoms. The average molecular weight is 471 g/mol. The molecule has 1 heterocycles. The molecule has 0 N–H and O–H groups in total. The average Bonchev–Trinajstić information content (AvgIpc) is 3.14. The minimum Gasteiger partial charge on any atom is -0.331 e. The Morgan fingerprint density at radius 3 is 2.41 bits per heavy atom. The van der Waals surface area contributed by atoms with Gasteiger partial charge in [0.1, 0.15) is 17.5 Å². The number of benzene rings is 2. The first kappa shape index (κ1) is 25.8. The molecule has 0 aliphatic carbocycles. The Morgan fingerprint density at radius 1 is 1.03 bits per heavy atom. The van der Waals surface area contributed by atoms with E-state index in [4.69, 9.17) is 4.98 Å². The summed E-state index contributed by atoms with van der Waals surface area (Å²) in [5.74, 6) is -0.965. The highest BCUT2D eigenvalue weighted by atomic mass is 19.1. The van der Waals surface area contributed by atoms with Gasteiger partial charge in [0.2, 0.25) is 0 Å². The predicted molar refractivity (Wildman–Crippen MR) is 133 cm³/mol. The van der Waals surface area contributed by atoms with Gasteiger partial charge in [-0.25, -0.2) is 13.8 Å². The van der Waals surface area contributed by atoms with Gasteiger partial charge in [-0.3, -0.25) is 9.69 Å². The lowest BCUT2D eigenvalue weighted by molar-refractivity contribution is 0.0711. The van der Waals surface area contributed by atoms with E-state index in [0.717, 1.165) is 67.7 Å². The third kappa shape index (κ3) is 6.00. The van der Waals surface area contributed by atoms with Crippen molar-refractivity contribution in [2.24, 2.45) is 5.92 Å². The molecule has 0 aliphatic rings. The number of aryl methyl sites for hydroxylation is 1. The number of fused-ring (bicyclic) bond motifs is 1. The van der Waals surface area contributed by atoms with Gasteiger partial charge < -0.3 is 9.47 Å². The lowest BCUT2D eigenvalue weighted by Crippen LogP contribution is -2.35. The number of hydrogen-bond acceptors (Lipinski definition) is 3. The molecule has 5 nitrogen and oxygen atoms in total. The molecule has 0 aliphatic heterocycles. The van der Waals surface area contributed by atoms with Gasteiger partial charge >= 0.3 is 0 Å². The van der Waals surface area contributed by atoms with Crippen LogP contribution >= 0.6 is 0 Å². The Kier molecular flexibility index (Phi) is 8.78. The first-order chi connectivity index (χ1) is 16.3. The lowest BCUT2D eigenvalue weighted by atomic mass is 10.1. The number of halogens is 2. The lowest BCUT2D eigenvalue weighted by Gasteiger charge is -2.25. The highest BCUT2D eigenvalue weighted by molar-refractivity contribution is 5.94. The molecule has 0 unspecified atom stereocenters. The molecular weight excluding hydrogens is 434 g/mol. The van der Waals surface area contributed by atoms with Crippen molar-refractivity contribution >= 4 is 16.9 Å². The molecule has 7 heteroatoms. The van der Waals surface area contributed by atoms with Crippen molar-refractivity contribution in [1.82, 2.24) is 19.4 Å². The highest BCUT2D eigenvalue weighted by Gasteiger charge is 2.24. The van der Waals surface area contributed by atoms with Crippen LogP contribution in [0.3, 0.4) is 0 Å². The fraction of sp³-hybridized carbons (Fsp3) is 0.481. The molecule has 0 spiro atoms. The second-order valence-electron chi connectivity index (χ2n) is 9.17. The van der Waals surface area contributed by atoms with Gasteiger partial charge in [0.15, 0.2) is 0 Å². The molecule has 0 fully saturated rings. The normalized spacial score (nSPS) is 11.7. The third-order valence-corrected chi connectivity index (χ3v) is 6.00. The molecule has 3 rings (SSSR count). The summed E-state index contributed by atoms with van der Waals surface area (Å²) in [6.45, 7) is 14.6. The number of imidazole rings is 1. The number of nitrogens with zero attached hydrogens (tertiary/aromatic N) is 4. The van der Waals surface area contributed by atoms with Gasteiger partial charge in [-0.1, -0.05) is 40.7 Å². The maximum absolute atomic E-state index is 14.4. The Bertz CT molecular complexity index is 1120. The summed E-state index contributed by atoms with van der Waals surface area (Å²) in [4.78, 5) is 22.1. The van der Waals surface area contributed by atoms with Gasteiger partial charge in [0, 0.05) is 19.6 Å². The molecule has 0 saturated carbocycles. The van der Waals surface area contributed by atoms with Crippen molar-refractivity contribution in [3.8, 4) is 0 Å².